The van der Waals surface area contributed by atoms with Gasteiger partial charge in [0.1, 0.15) is 16.4 Å². The molecule has 0 aliphatic carbocycles. The average Bonchev–Trinajstić information content (AvgIpc) is 3.32. The summed E-state index contributed by atoms with van der Waals surface area (Å²) in [6.45, 7) is 0.0457. The van der Waals surface area contributed by atoms with Crippen LogP contribution in [0.2, 0.25) is 5.02 Å². The Balaban J connectivity index is 1.93. The molecule has 4 rings (SSSR count). The summed E-state index contributed by atoms with van der Waals surface area (Å²) in [4.78, 5) is 38.6. The van der Waals surface area contributed by atoms with Crippen LogP contribution in [0.3, 0.4) is 0 Å². The maximum atomic E-state index is 14.2. The van der Waals surface area contributed by atoms with Crippen LogP contribution in [0.25, 0.3) is 0 Å². The highest BCUT2D eigenvalue weighted by Gasteiger charge is 2.48. The number of rotatable bonds is 6. The van der Waals surface area contributed by atoms with E-state index in [0.717, 1.165) is 12.1 Å². The number of methoxy groups -OCH3 is 1. The molecular formula is C22H17ClFN3O5S. The molecule has 1 atom stereocenters. The van der Waals surface area contributed by atoms with E-state index in [1.807, 2.05) is 0 Å². The highest BCUT2D eigenvalue weighted by atomic mass is 35.5. The van der Waals surface area contributed by atoms with Crippen LogP contribution in [-0.4, -0.2) is 35.8 Å². The van der Waals surface area contributed by atoms with E-state index in [1.54, 1.807) is 24.3 Å². The van der Waals surface area contributed by atoms with E-state index in [1.165, 1.54) is 25.1 Å². The number of hydrogen-bond donors (Lipinski definition) is 1. The van der Waals surface area contributed by atoms with Gasteiger partial charge in [-0.15, -0.1) is 0 Å². The molecule has 0 saturated carbocycles. The first-order valence-corrected chi connectivity index (χ1v) is 10.9. The quantitative estimate of drug-likeness (QED) is 0.404. The molecule has 1 aliphatic rings. The van der Waals surface area contributed by atoms with Gasteiger partial charge in [-0.25, -0.2) is 4.39 Å². The molecule has 11 heteroatoms. The van der Waals surface area contributed by atoms with Crippen LogP contribution in [0, 0.1) is 15.9 Å². The van der Waals surface area contributed by atoms with Crippen molar-refractivity contribution in [1.82, 2.24) is 10.2 Å². The van der Waals surface area contributed by atoms with Crippen molar-refractivity contribution in [1.29, 1.82) is 0 Å². The van der Waals surface area contributed by atoms with Crippen LogP contribution in [0.5, 0.6) is 5.75 Å². The molecule has 0 spiro atoms. The number of nitrogens with zero attached hydrogens (tertiary/aromatic N) is 2. The Morgan fingerprint density at radius 2 is 2.00 bits per heavy atom. The summed E-state index contributed by atoms with van der Waals surface area (Å²) in [6, 6.07) is 9.52. The van der Waals surface area contributed by atoms with Crippen LogP contribution in [0.4, 0.5) is 9.39 Å². The van der Waals surface area contributed by atoms with Gasteiger partial charge < -0.3 is 15.0 Å². The summed E-state index contributed by atoms with van der Waals surface area (Å²) in [5.74, 6) is -1.18. The lowest BCUT2D eigenvalue weighted by Crippen LogP contribution is -2.29. The Bertz CT molecular complexity index is 1280. The molecule has 2 amide bonds. The molecule has 1 N–H and O–H groups in total. The summed E-state index contributed by atoms with van der Waals surface area (Å²) in [7, 11) is 2.90. The third-order valence-corrected chi connectivity index (χ3v) is 6.85. The number of fused-ring (bicyclic) bond motifs is 1. The third-order valence-electron chi connectivity index (χ3n) is 5.35. The molecule has 1 aliphatic heterocycles. The monoisotopic (exact) mass is 489 g/mol. The summed E-state index contributed by atoms with van der Waals surface area (Å²) < 4.78 is 19.3. The second-order valence-electron chi connectivity index (χ2n) is 7.21. The Morgan fingerprint density at radius 3 is 2.61 bits per heavy atom. The van der Waals surface area contributed by atoms with Gasteiger partial charge in [0, 0.05) is 24.2 Å². The Morgan fingerprint density at radius 1 is 1.30 bits per heavy atom. The second-order valence-corrected chi connectivity index (χ2v) is 8.62. The third kappa shape index (κ3) is 3.91. The molecule has 0 radical (unpaired) electrons. The molecular weight excluding hydrogens is 473 g/mol. The molecule has 0 fully saturated rings. The summed E-state index contributed by atoms with van der Waals surface area (Å²) in [5, 5.41) is 14.1. The van der Waals surface area contributed by atoms with Crippen LogP contribution in [0.1, 0.15) is 42.8 Å². The van der Waals surface area contributed by atoms with E-state index in [2.05, 4.69) is 5.32 Å². The maximum Gasteiger partial charge on any atom is 0.331 e. The minimum Gasteiger partial charge on any atom is -0.497 e. The molecule has 0 bridgehead atoms. The molecule has 33 heavy (non-hydrogen) atoms. The molecule has 0 saturated heterocycles. The number of nitrogens with one attached hydrogen (secondary N) is 1. The van der Waals surface area contributed by atoms with Gasteiger partial charge in [-0.1, -0.05) is 35.1 Å². The topological polar surface area (TPSA) is 102 Å². The van der Waals surface area contributed by atoms with Gasteiger partial charge in [-0.05, 0) is 35.9 Å². The van der Waals surface area contributed by atoms with Crippen LogP contribution >= 0.6 is 22.9 Å². The van der Waals surface area contributed by atoms with Gasteiger partial charge >= 0.3 is 5.00 Å². The lowest BCUT2D eigenvalue weighted by Gasteiger charge is -2.26. The van der Waals surface area contributed by atoms with Crippen molar-refractivity contribution in [3.05, 3.63) is 90.5 Å². The minimum atomic E-state index is -1.05. The van der Waals surface area contributed by atoms with Crippen LogP contribution in [-0.2, 0) is 6.54 Å². The number of carbonyl (C=O) groups excluding carboxylic acids is 2. The second kappa shape index (κ2) is 8.80. The molecule has 170 valence electrons. The largest absolute Gasteiger partial charge is 0.497 e. The predicted molar refractivity (Wildman–Crippen MR) is 120 cm³/mol. The lowest BCUT2D eigenvalue weighted by molar-refractivity contribution is -0.381. The molecule has 3 aromatic rings. The van der Waals surface area contributed by atoms with Crippen molar-refractivity contribution in [2.75, 3.05) is 14.2 Å². The van der Waals surface area contributed by atoms with Crippen molar-refractivity contribution in [3.8, 4) is 5.75 Å². The first kappa shape index (κ1) is 22.7. The number of nitro groups is 1. The Kier molecular flexibility index (Phi) is 6.05. The zero-order valence-electron chi connectivity index (χ0n) is 17.4. The molecule has 1 unspecified atom stereocenters. The summed E-state index contributed by atoms with van der Waals surface area (Å²) in [5.41, 5.74) is 0.876. The number of carbonyl (C=O) groups is 2. The van der Waals surface area contributed by atoms with Gasteiger partial charge in [0.25, 0.3) is 11.8 Å². The van der Waals surface area contributed by atoms with E-state index in [4.69, 9.17) is 16.3 Å². The molecule has 2 aromatic carbocycles. The highest BCUT2D eigenvalue weighted by Crippen LogP contribution is 2.51. The van der Waals surface area contributed by atoms with Gasteiger partial charge in [-0.3, -0.25) is 19.7 Å². The molecule has 2 heterocycles. The normalized spacial score (nSPS) is 14.8. The number of amides is 2. The first-order chi connectivity index (χ1) is 15.8. The van der Waals surface area contributed by atoms with Crippen molar-refractivity contribution in [3.63, 3.8) is 0 Å². The SMILES string of the molecule is CNC(=O)c1sc([N+](=O)[O-])c2c1C(=O)N(Cc1ccc(OC)cc1)C2c1cc(F)ccc1Cl. The first-order valence-electron chi connectivity index (χ1n) is 9.68. The number of hydrogen-bond acceptors (Lipinski definition) is 6. The minimum absolute atomic E-state index is 0.0367. The fourth-order valence-corrected chi connectivity index (χ4v) is 5.17. The summed E-state index contributed by atoms with van der Waals surface area (Å²) in [6.07, 6.45) is 0. The highest BCUT2D eigenvalue weighted by molar-refractivity contribution is 7.17. The molecule has 1 aromatic heterocycles. The van der Waals surface area contributed by atoms with Crippen molar-refractivity contribution in [2.45, 2.75) is 12.6 Å². The fraction of sp³-hybridized carbons (Fsp3) is 0.182. The van der Waals surface area contributed by atoms with Gasteiger partial charge in [0.15, 0.2) is 0 Å². The van der Waals surface area contributed by atoms with E-state index in [0.29, 0.717) is 22.6 Å². The molecule has 8 nitrogen and oxygen atoms in total. The predicted octanol–water partition coefficient (Wildman–Crippen LogP) is 4.56. The average molecular weight is 490 g/mol. The Labute approximate surface area is 196 Å². The van der Waals surface area contributed by atoms with Gasteiger partial charge in [-0.2, -0.15) is 0 Å². The standard InChI is InChI=1S/C22H17ClFN3O5S/c1-25-20(28)19-17-16(22(33-19)27(30)31)18(14-9-12(24)5-8-15(14)23)26(21(17)29)10-11-3-6-13(32-2)7-4-11/h3-9,18H,10H2,1-2H3,(H,25,28). The van der Waals surface area contributed by atoms with Crippen molar-refractivity contribution in [2.24, 2.45) is 0 Å². The smallest absolute Gasteiger partial charge is 0.331 e. The van der Waals surface area contributed by atoms with Crippen LogP contribution < -0.4 is 10.1 Å². The van der Waals surface area contributed by atoms with Crippen molar-refractivity contribution >= 4 is 39.8 Å². The number of benzene rings is 2. The fourth-order valence-electron chi connectivity index (χ4n) is 3.86. The number of thiophene rings is 1. The number of ether oxygens (including phenoxy) is 1. The van der Waals surface area contributed by atoms with Crippen molar-refractivity contribution < 1.29 is 23.6 Å². The zero-order chi connectivity index (χ0) is 23.9. The zero-order valence-corrected chi connectivity index (χ0v) is 19.0. The van der Waals surface area contributed by atoms with Crippen LogP contribution in [0.15, 0.2) is 42.5 Å². The lowest BCUT2D eigenvalue weighted by atomic mass is 9.98. The van der Waals surface area contributed by atoms with E-state index >= 15 is 0 Å². The van der Waals surface area contributed by atoms with Gasteiger partial charge in [0.05, 0.1) is 29.2 Å². The van der Waals surface area contributed by atoms with Gasteiger partial charge in [0.2, 0.25) is 0 Å². The van der Waals surface area contributed by atoms with E-state index in [-0.39, 0.29) is 38.1 Å². The number of halogens is 2. The van der Waals surface area contributed by atoms with E-state index < -0.39 is 28.6 Å². The maximum absolute atomic E-state index is 14.2. The Hall–Kier alpha value is -3.50. The summed E-state index contributed by atoms with van der Waals surface area (Å²) >= 11 is 6.98. The van der Waals surface area contributed by atoms with E-state index in [9.17, 15) is 24.1 Å².